The van der Waals surface area contributed by atoms with Crippen molar-refractivity contribution in [2.75, 3.05) is 48.1 Å². The molecule has 9 heteroatoms. The number of nitrogens with one attached hydrogen (secondary N) is 1. The molecule has 160 valence electrons. The van der Waals surface area contributed by atoms with Gasteiger partial charge in [0.1, 0.15) is 5.69 Å². The Kier molecular flexibility index (Phi) is 8.60. The van der Waals surface area contributed by atoms with Gasteiger partial charge in [-0.3, -0.25) is 0 Å². The first-order chi connectivity index (χ1) is 14.1. The zero-order valence-corrected chi connectivity index (χ0v) is 17.6. The van der Waals surface area contributed by atoms with Gasteiger partial charge in [-0.2, -0.15) is 0 Å². The fourth-order valence-electron chi connectivity index (χ4n) is 2.74. The summed E-state index contributed by atoms with van der Waals surface area (Å²) in [6, 6.07) is 5.18. The van der Waals surface area contributed by atoms with E-state index in [9.17, 15) is 4.79 Å². The number of urea groups is 1. The maximum Gasteiger partial charge on any atom is 0.317 e. The highest BCUT2D eigenvalue weighted by Crippen LogP contribution is 2.41. The number of carbonyl (C=O) groups is 1. The largest absolute Gasteiger partial charge is 0.493 e. The van der Waals surface area contributed by atoms with Gasteiger partial charge < -0.3 is 33.7 Å². The average Bonchev–Trinajstić information content (AvgIpc) is 3.22. The molecule has 2 rings (SSSR count). The van der Waals surface area contributed by atoms with Crippen LogP contribution >= 0.6 is 0 Å². The second kappa shape index (κ2) is 11.2. The zero-order chi connectivity index (χ0) is 21.2. The molecular weight excluding hydrogens is 378 g/mol. The first kappa shape index (κ1) is 22.4. The predicted octanol–water partition coefficient (Wildman–Crippen LogP) is 2.94. The van der Waals surface area contributed by atoms with Crippen LogP contribution in [0.1, 0.15) is 19.0 Å². The molecule has 0 atom stereocenters. The van der Waals surface area contributed by atoms with Crippen LogP contribution in [-0.2, 0) is 11.3 Å². The van der Waals surface area contributed by atoms with Crippen molar-refractivity contribution in [1.82, 2.24) is 15.4 Å². The van der Waals surface area contributed by atoms with Crippen molar-refractivity contribution in [3.63, 3.8) is 0 Å². The molecule has 0 fully saturated rings. The van der Waals surface area contributed by atoms with E-state index in [0.29, 0.717) is 54.9 Å². The Morgan fingerprint density at radius 2 is 1.79 bits per heavy atom. The summed E-state index contributed by atoms with van der Waals surface area (Å²) in [6.45, 7) is 3.78. The lowest BCUT2D eigenvalue weighted by Gasteiger charge is -2.21. The lowest BCUT2D eigenvalue weighted by molar-refractivity contribution is 0.145. The van der Waals surface area contributed by atoms with Crippen LogP contribution in [0.5, 0.6) is 17.2 Å². The van der Waals surface area contributed by atoms with Crippen LogP contribution in [0.3, 0.4) is 0 Å². The molecule has 0 saturated carbocycles. The normalized spacial score (nSPS) is 10.5. The van der Waals surface area contributed by atoms with Crippen LogP contribution in [-0.4, -0.2) is 64.2 Å². The molecule has 0 spiro atoms. The third-order valence-electron chi connectivity index (χ3n) is 4.24. The SMILES string of the molecule is CCCNC(=O)N(CCOC)Cc1cc(-c2cc(OC)c(OC)c(OC)c2)on1. The number of nitrogens with zero attached hydrogens (tertiary/aromatic N) is 2. The van der Waals surface area contributed by atoms with Crippen molar-refractivity contribution in [2.45, 2.75) is 19.9 Å². The molecule has 9 nitrogen and oxygen atoms in total. The molecule has 1 N–H and O–H groups in total. The molecule has 1 aromatic heterocycles. The zero-order valence-electron chi connectivity index (χ0n) is 17.6. The van der Waals surface area contributed by atoms with Crippen molar-refractivity contribution in [3.8, 4) is 28.6 Å². The molecule has 2 amide bonds. The average molecular weight is 407 g/mol. The summed E-state index contributed by atoms with van der Waals surface area (Å²) in [5.41, 5.74) is 1.34. The van der Waals surface area contributed by atoms with Gasteiger partial charge in [-0.15, -0.1) is 0 Å². The van der Waals surface area contributed by atoms with Crippen molar-refractivity contribution in [3.05, 3.63) is 23.9 Å². The number of carbonyl (C=O) groups excluding carboxylic acids is 1. The third-order valence-corrected chi connectivity index (χ3v) is 4.24. The maximum absolute atomic E-state index is 12.4. The number of ether oxygens (including phenoxy) is 4. The molecule has 0 saturated heterocycles. The number of hydrogen-bond donors (Lipinski definition) is 1. The van der Waals surface area contributed by atoms with Crippen molar-refractivity contribution >= 4 is 6.03 Å². The van der Waals surface area contributed by atoms with Crippen LogP contribution < -0.4 is 19.5 Å². The summed E-state index contributed by atoms with van der Waals surface area (Å²) < 4.78 is 26.7. The summed E-state index contributed by atoms with van der Waals surface area (Å²) in [7, 11) is 6.25. The summed E-state index contributed by atoms with van der Waals surface area (Å²) in [4.78, 5) is 14.0. The van der Waals surface area contributed by atoms with Crippen LogP contribution in [0.15, 0.2) is 22.7 Å². The van der Waals surface area contributed by atoms with Gasteiger partial charge in [-0.05, 0) is 18.6 Å². The van der Waals surface area contributed by atoms with Crippen molar-refractivity contribution < 1.29 is 28.3 Å². The van der Waals surface area contributed by atoms with Gasteiger partial charge in [0.25, 0.3) is 0 Å². The minimum atomic E-state index is -0.166. The molecule has 2 aromatic rings. The Hall–Kier alpha value is -2.94. The smallest absolute Gasteiger partial charge is 0.317 e. The standard InChI is InChI=1S/C20H29N3O6/c1-6-7-21-20(24)23(8-9-25-2)13-15-12-16(29-22-15)14-10-17(26-3)19(28-5)18(11-14)27-4/h10-12H,6-9,13H2,1-5H3,(H,21,24). The predicted molar refractivity (Wildman–Crippen MR) is 108 cm³/mol. The Morgan fingerprint density at radius 3 is 2.34 bits per heavy atom. The number of methoxy groups -OCH3 is 4. The van der Waals surface area contributed by atoms with E-state index < -0.39 is 0 Å². The summed E-state index contributed by atoms with van der Waals surface area (Å²) in [5.74, 6) is 2.05. The van der Waals surface area contributed by atoms with Gasteiger partial charge in [0, 0.05) is 31.8 Å². The van der Waals surface area contributed by atoms with Crippen molar-refractivity contribution in [1.29, 1.82) is 0 Å². The maximum atomic E-state index is 12.4. The van der Waals surface area contributed by atoms with E-state index in [0.717, 1.165) is 12.0 Å². The fourth-order valence-corrected chi connectivity index (χ4v) is 2.74. The lowest BCUT2D eigenvalue weighted by atomic mass is 10.1. The number of amides is 2. The molecule has 0 aliphatic rings. The van der Waals surface area contributed by atoms with E-state index >= 15 is 0 Å². The van der Waals surface area contributed by atoms with E-state index in [4.69, 9.17) is 23.5 Å². The summed E-state index contributed by atoms with van der Waals surface area (Å²) in [6.07, 6.45) is 0.860. The van der Waals surface area contributed by atoms with Crippen LogP contribution in [0.25, 0.3) is 11.3 Å². The molecule has 0 unspecified atom stereocenters. The van der Waals surface area contributed by atoms with Crippen LogP contribution in [0.2, 0.25) is 0 Å². The number of rotatable bonds is 11. The highest BCUT2D eigenvalue weighted by molar-refractivity contribution is 5.74. The first-order valence-electron chi connectivity index (χ1n) is 9.35. The molecule has 1 aromatic carbocycles. The third kappa shape index (κ3) is 5.77. The van der Waals surface area contributed by atoms with E-state index in [1.165, 1.54) is 0 Å². The second-order valence-corrected chi connectivity index (χ2v) is 6.24. The minimum absolute atomic E-state index is 0.166. The minimum Gasteiger partial charge on any atom is -0.493 e. The Labute approximate surface area is 170 Å². The van der Waals surface area contributed by atoms with E-state index in [2.05, 4.69) is 10.5 Å². The van der Waals surface area contributed by atoms with Gasteiger partial charge in [-0.1, -0.05) is 12.1 Å². The van der Waals surface area contributed by atoms with Crippen LogP contribution in [0.4, 0.5) is 4.79 Å². The fraction of sp³-hybridized carbons (Fsp3) is 0.500. The van der Waals surface area contributed by atoms with Crippen molar-refractivity contribution in [2.24, 2.45) is 0 Å². The highest BCUT2D eigenvalue weighted by atomic mass is 16.5. The molecule has 29 heavy (non-hydrogen) atoms. The Morgan fingerprint density at radius 1 is 1.10 bits per heavy atom. The molecule has 0 aliphatic heterocycles. The summed E-state index contributed by atoms with van der Waals surface area (Å²) >= 11 is 0. The molecule has 0 bridgehead atoms. The molecule has 0 aliphatic carbocycles. The van der Waals surface area contributed by atoms with Gasteiger partial charge >= 0.3 is 6.03 Å². The quantitative estimate of drug-likeness (QED) is 0.612. The second-order valence-electron chi connectivity index (χ2n) is 6.24. The molecule has 1 heterocycles. The van der Waals surface area contributed by atoms with E-state index in [1.807, 2.05) is 6.92 Å². The Bertz CT molecular complexity index is 767. The van der Waals surface area contributed by atoms with Gasteiger partial charge in [0.15, 0.2) is 17.3 Å². The molecule has 0 radical (unpaired) electrons. The van der Waals surface area contributed by atoms with Crippen LogP contribution in [0, 0.1) is 0 Å². The lowest BCUT2D eigenvalue weighted by Crippen LogP contribution is -2.41. The number of benzene rings is 1. The highest BCUT2D eigenvalue weighted by Gasteiger charge is 2.19. The van der Waals surface area contributed by atoms with Gasteiger partial charge in [0.05, 0.1) is 34.5 Å². The number of hydrogen-bond acceptors (Lipinski definition) is 7. The molecular formula is C20H29N3O6. The number of aromatic nitrogens is 1. The van der Waals surface area contributed by atoms with E-state index in [-0.39, 0.29) is 6.03 Å². The van der Waals surface area contributed by atoms with Gasteiger partial charge in [-0.25, -0.2) is 4.79 Å². The van der Waals surface area contributed by atoms with Gasteiger partial charge in [0.2, 0.25) is 5.75 Å². The monoisotopic (exact) mass is 407 g/mol. The topological polar surface area (TPSA) is 95.3 Å². The Balaban J connectivity index is 2.23. The summed E-state index contributed by atoms with van der Waals surface area (Å²) in [5, 5.41) is 6.98. The first-order valence-corrected chi connectivity index (χ1v) is 9.35. The van der Waals surface area contributed by atoms with E-state index in [1.54, 1.807) is 51.5 Å².